The van der Waals surface area contributed by atoms with Gasteiger partial charge < -0.3 is 10.2 Å². The van der Waals surface area contributed by atoms with Crippen LogP contribution in [0.15, 0.2) is 54.6 Å². The molecule has 0 aromatic heterocycles. The molecule has 2 amide bonds. The van der Waals surface area contributed by atoms with Crippen LogP contribution < -0.4 is 10.2 Å². The summed E-state index contributed by atoms with van der Waals surface area (Å²) in [6, 6.07) is 18.5. The van der Waals surface area contributed by atoms with Gasteiger partial charge in [0.15, 0.2) is 0 Å². The Morgan fingerprint density at radius 2 is 1.88 bits per heavy atom. The van der Waals surface area contributed by atoms with Crippen molar-refractivity contribution in [2.45, 2.75) is 19.9 Å². The summed E-state index contributed by atoms with van der Waals surface area (Å²) >= 11 is 0. The maximum atomic E-state index is 12.0. The monoisotopic (exact) mass is 321 g/mol. The Morgan fingerprint density at radius 3 is 2.54 bits per heavy atom. The van der Waals surface area contributed by atoms with Crippen LogP contribution in [-0.4, -0.2) is 18.4 Å². The number of rotatable bonds is 6. The highest BCUT2D eigenvalue weighted by Crippen LogP contribution is 2.16. The Morgan fingerprint density at radius 1 is 1.12 bits per heavy atom. The molecule has 2 aromatic rings. The van der Waals surface area contributed by atoms with Crippen LogP contribution in [0.4, 0.5) is 5.69 Å². The minimum absolute atomic E-state index is 0.124. The van der Waals surface area contributed by atoms with Crippen LogP contribution >= 0.6 is 0 Å². The van der Waals surface area contributed by atoms with Crippen LogP contribution in [0.5, 0.6) is 0 Å². The van der Waals surface area contributed by atoms with Crippen molar-refractivity contribution in [1.82, 2.24) is 5.32 Å². The third-order valence-corrected chi connectivity index (χ3v) is 3.56. The molecular formula is C19H19N3O2. The number of hydrogen-bond donors (Lipinski definition) is 1. The van der Waals surface area contributed by atoms with Crippen molar-refractivity contribution in [1.29, 1.82) is 5.26 Å². The first-order valence-electron chi connectivity index (χ1n) is 7.69. The second-order valence-electron chi connectivity index (χ2n) is 5.35. The van der Waals surface area contributed by atoms with Crippen molar-refractivity contribution in [2.24, 2.45) is 0 Å². The van der Waals surface area contributed by atoms with Gasteiger partial charge in [0.1, 0.15) is 0 Å². The second kappa shape index (κ2) is 8.49. The lowest BCUT2D eigenvalue weighted by Gasteiger charge is -2.21. The molecule has 122 valence electrons. The molecule has 24 heavy (non-hydrogen) atoms. The lowest BCUT2D eigenvalue weighted by atomic mass is 10.2. The largest absolute Gasteiger partial charge is 0.352 e. The molecule has 0 bridgehead atoms. The Balaban J connectivity index is 1.92. The number of benzene rings is 2. The van der Waals surface area contributed by atoms with Crippen molar-refractivity contribution in [2.75, 3.05) is 11.4 Å². The first-order chi connectivity index (χ1) is 11.6. The van der Waals surface area contributed by atoms with Gasteiger partial charge in [0.05, 0.1) is 11.6 Å². The molecule has 5 heteroatoms. The first kappa shape index (κ1) is 17.2. The second-order valence-corrected chi connectivity index (χ2v) is 5.35. The first-order valence-corrected chi connectivity index (χ1v) is 7.69. The molecule has 0 radical (unpaired) electrons. The molecule has 0 saturated carbocycles. The molecular weight excluding hydrogens is 302 g/mol. The Hall–Kier alpha value is -3.13. The normalized spacial score (nSPS) is 9.83. The number of nitrogens with one attached hydrogen (secondary N) is 1. The molecule has 0 atom stereocenters. The Bertz CT molecular complexity index is 751. The summed E-state index contributed by atoms with van der Waals surface area (Å²) in [4.78, 5) is 25.3. The van der Waals surface area contributed by atoms with Crippen LogP contribution in [0, 0.1) is 11.3 Å². The van der Waals surface area contributed by atoms with E-state index in [1.807, 2.05) is 36.4 Å². The highest BCUT2D eigenvalue weighted by molar-refractivity contribution is 5.92. The fraction of sp³-hybridized carbons (Fsp3) is 0.211. The fourth-order valence-corrected chi connectivity index (χ4v) is 2.31. The molecule has 0 fully saturated rings. The summed E-state index contributed by atoms with van der Waals surface area (Å²) < 4.78 is 0. The van der Waals surface area contributed by atoms with Gasteiger partial charge in [-0.2, -0.15) is 5.26 Å². The van der Waals surface area contributed by atoms with Crippen LogP contribution in [0.25, 0.3) is 0 Å². The highest BCUT2D eigenvalue weighted by atomic mass is 16.2. The minimum atomic E-state index is -0.166. The van der Waals surface area contributed by atoms with E-state index in [9.17, 15) is 9.59 Å². The van der Waals surface area contributed by atoms with Crippen molar-refractivity contribution in [3.8, 4) is 6.07 Å². The number of amides is 2. The lowest BCUT2D eigenvalue weighted by molar-refractivity contribution is -0.121. The van der Waals surface area contributed by atoms with Crippen LogP contribution in [0.1, 0.15) is 24.5 Å². The van der Waals surface area contributed by atoms with E-state index in [2.05, 4.69) is 5.32 Å². The maximum absolute atomic E-state index is 12.0. The Labute approximate surface area is 141 Å². The van der Waals surface area contributed by atoms with Gasteiger partial charge in [-0.15, -0.1) is 0 Å². The van der Waals surface area contributed by atoms with E-state index in [-0.39, 0.29) is 24.8 Å². The number of nitrogens with zero attached hydrogens (tertiary/aromatic N) is 2. The zero-order chi connectivity index (χ0) is 17.4. The average molecular weight is 321 g/mol. The number of carbonyl (C=O) groups excluding carboxylic acids is 2. The van der Waals surface area contributed by atoms with Gasteiger partial charge in [0.2, 0.25) is 11.8 Å². The Kier molecular flexibility index (Phi) is 6.09. The van der Waals surface area contributed by atoms with E-state index in [0.29, 0.717) is 17.8 Å². The standard InChI is InChI=1S/C19H19N3O2/c1-15(23)22(18-9-5-8-17(12-18)13-20)11-10-19(24)21-14-16-6-3-2-4-7-16/h2-9,12H,10-11,14H2,1H3,(H,21,24). The van der Waals surface area contributed by atoms with Gasteiger partial charge in [-0.25, -0.2) is 0 Å². The molecule has 1 N–H and O–H groups in total. The van der Waals surface area contributed by atoms with Crippen molar-refractivity contribution in [3.05, 3.63) is 65.7 Å². The molecule has 0 saturated heterocycles. The molecule has 0 heterocycles. The molecule has 2 rings (SSSR count). The van der Waals surface area contributed by atoms with E-state index in [4.69, 9.17) is 5.26 Å². The predicted octanol–water partition coefficient (Wildman–Crippen LogP) is 2.62. The summed E-state index contributed by atoms with van der Waals surface area (Å²) in [7, 11) is 0. The number of nitriles is 1. The minimum Gasteiger partial charge on any atom is -0.352 e. The van der Waals surface area contributed by atoms with E-state index in [0.717, 1.165) is 5.56 Å². The van der Waals surface area contributed by atoms with Gasteiger partial charge in [0.25, 0.3) is 0 Å². The third kappa shape index (κ3) is 4.96. The van der Waals surface area contributed by atoms with Crippen LogP contribution in [0.3, 0.4) is 0 Å². The number of anilines is 1. The quantitative estimate of drug-likeness (QED) is 0.889. The number of carbonyl (C=O) groups is 2. The average Bonchev–Trinajstić information content (AvgIpc) is 2.61. The molecule has 0 aliphatic carbocycles. The van der Waals surface area contributed by atoms with Crippen LogP contribution in [-0.2, 0) is 16.1 Å². The molecule has 0 unspecified atom stereocenters. The molecule has 5 nitrogen and oxygen atoms in total. The molecule has 0 spiro atoms. The van der Waals surface area contributed by atoms with Crippen molar-refractivity contribution < 1.29 is 9.59 Å². The fourth-order valence-electron chi connectivity index (χ4n) is 2.31. The van der Waals surface area contributed by atoms with E-state index >= 15 is 0 Å². The lowest BCUT2D eigenvalue weighted by Crippen LogP contribution is -2.33. The van der Waals surface area contributed by atoms with Crippen LogP contribution in [0.2, 0.25) is 0 Å². The van der Waals surface area contributed by atoms with E-state index < -0.39 is 0 Å². The summed E-state index contributed by atoms with van der Waals surface area (Å²) in [6.45, 7) is 2.18. The SMILES string of the molecule is CC(=O)N(CCC(=O)NCc1ccccc1)c1cccc(C#N)c1. The topological polar surface area (TPSA) is 73.2 Å². The van der Waals surface area contributed by atoms with Gasteiger partial charge in [-0.1, -0.05) is 36.4 Å². The zero-order valence-electron chi connectivity index (χ0n) is 13.5. The van der Waals surface area contributed by atoms with E-state index in [1.165, 1.54) is 11.8 Å². The smallest absolute Gasteiger partial charge is 0.223 e. The van der Waals surface area contributed by atoms with Crippen molar-refractivity contribution in [3.63, 3.8) is 0 Å². The predicted molar refractivity (Wildman–Crippen MR) is 92.1 cm³/mol. The summed E-state index contributed by atoms with van der Waals surface area (Å²) in [5.41, 5.74) is 2.13. The van der Waals surface area contributed by atoms with Gasteiger partial charge >= 0.3 is 0 Å². The summed E-state index contributed by atoms with van der Waals surface area (Å²) in [5.74, 6) is -0.289. The summed E-state index contributed by atoms with van der Waals surface area (Å²) in [6.07, 6.45) is 0.198. The maximum Gasteiger partial charge on any atom is 0.223 e. The van der Waals surface area contributed by atoms with Gasteiger partial charge in [0, 0.05) is 32.1 Å². The van der Waals surface area contributed by atoms with Crippen molar-refractivity contribution >= 4 is 17.5 Å². The van der Waals surface area contributed by atoms with Gasteiger partial charge in [-0.05, 0) is 23.8 Å². The summed E-state index contributed by atoms with van der Waals surface area (Å²) in [5, 5.41) is 11.8. The molecule has 0 aliphatic rings. The van der Waals surface area contributed by atoms with E-state index in [1.54, 1.807) is 24.3 Å². The van der Waals surface area contributed by atoms with Gasteiger partial charge in [-0.3, -0.25) is 9.59 Å². The zero-order valence-corrected chi connectivity index (χ0v) is 13.5. The third-order valence-electron chi connectivity index (χ3n) is 3.56. The molecule has 0 aliphatic heterocycles. The number of hydrogen-bond acceptors (Lipinski definition) is 3. The molecule has 2 aromatic carbocycles. The highest BCUT2D eigenvalue weighted by Gasteiger charge is 2.13.